The number of hydrogen-bond donors (Lipinski definition) is 1. The number of aryl methyl sites for hydroxylation is 3. The zero-order valence-corrected chi connectivity index (χ0v) is 21.3. The van der Waals surface area contributed by atoms with Crippen LogP contribution in [0.4, 0.5) is 5.69 Å². The molecule has 2 aromatic carbocycles. The van der Waals surface area contributed by atoms with Crippen molar-refractivity contribution in [3.05, 3.63) is 68.6 Å². The molecular weight excluding hydrogens is 426 g/mol. The predicted molar refractivity (Wildman–Crippen MR) is 139 cm³/mol. The molecule has 0 bridgehead atoms. The Balaban J connectivity index is 1.77. The van der Waals surface area contributed by atoms with Crippen molar-refractivity contribution in [1.82, 2.24) is 0 Å². The molecule has 0 aliphatic rings. The Morgan fingerprint density at radius 1 is 1.03 bits per heavy atom. The van der Waals surface area contributed by atoms with Crippen LogP contribution in [0, 0.1) is 20.8 Å². The Morgan fingerprint density at radius 3 is 2.50 bits per heavy atom. The number of carbonyl (C=O) groups is 1. The van der Waals surface area contributed by atoms with Crippen molar-refractivity contribution in [2.45, 2.75) is 79.6 Å². The number of para-hydroxylation sites is 1. The Bertz CT molecular complexity index is 1220. The standard InChI is InChI=1S/C29H37NO4/c1-7-8-9-10-13-24-20(5)23-15-16-25(21(6)28(23)34-29(24)32)33-17-26(31)30-27-19(4)12-11-14-22(27)18(2)3/h11-12,14-16,18H,7-10,13,17H2,1-6H3,(H,30,31). The molecular formula is C29H37NO4. The third-order valence-electron chi connectivity index (χ3n) is 6.48. The molecule has 3 rings (SSSR count). The van der Waals surface area contributed by atoms with Crippen LogP contribution in [0.25, 0.3) is 11.0 Å². The summed E-state index contributed by atoms with van der Waals surface area (Å²) in [5.41, 5.74) is 5.66. The maximum atomic E-state index is 12.7. The van der Waals surface area contributed by atoms with Crippen LogP contribution in [-0.2, 0) is 11.2 Å². The first kappa shape index (κ1) is 25.5. The minimum Gasteiger partial charge on any atom is -0.483 e. The summed E-state index contributed by atoms with van der Waals surface area (Å²) >= 11 is 0. The van der Waals surface area contributed by atoms with Gasteiger partial charge in [0, 0.05) is 22.2 Å². The van der Waals surface area contributed by atoms with Gasteiger partial charge in [0.2, 0.25) is 0 Å². The number of ether oxygens (including phenoxy) is 1. The van der Waals surface area contributed by atoms with Crippen molar-refractivity contribution in [2.24, 2.45) is 0 Å². The number of anilines is 1. The lowest BCUT2D eigenvalue weighted by Crippen LogP contribution is -2.22. The molecule has 1 heterocycles. The van der Waals surface area contributed by atoms with Crippen LogP contribution in [0.2, 0.25) is 0 Å². The first-order valence-corrected chi connectivity index (χ1v) is 12.3. The molecule has 182 valence electrons. The number of fused-ring (bicyclic) bond motifs is 1. The van der Waals surface area contributed by atoms with Crippen LogP contribution in [0.1, 0.15) is 80.2 Å². The number of benzene rings is 2. The Labute approximate surface area is 202 Å². The van der Waals surface area contributed by atoms with E-state index in [1.165, 1.54) is 6.42 Å². The topological polar surface area (TPSA) is 68.5 Å². The lowest BCUT2D eigenvalue weighted by atomic mass is 9.98. The van der Waals surface area contributed by atoms with Gasteiger partial charge in [-0.05, 0) is 68.4 Å². The molecule has 0 aliphatic heterocycles. The Hall–Kier alpha value is -3.08. The summed E-state index contributed by atoms with van der Waals surface area (Å²) < 4.78 is 11.6. The summed E-state index contributed by atoms with van der Waals surface area (Å²) in [7, 11) is 0. The molecule has 0 fully saturated rings. The molecule has 3 aromatic rings. The van der Waals surface area contributed by atoms with Crippen LogP contribution in [0.15, 0.2) is 39.5 Å². The average Bonchev–Trinajstić information content (AvgIpc) is 2.79. The zero-order valence-electron chi connectivity index (χ0n) is 21.3. The summed E-state index contributed by atoms with van der Waals surface area (Å²) in [5.74, 6) is 0.604. The maximum Gasteiger partial charge on any atom is 0.339 e. The van der Waals surface area contributed by atoms with E-state index in [4.69, 9.17) is 9.15 Å². The van der Waals surface area contributed by atoms with Gasteiger partial charge in [-0.2, -0.15) is 0 Å². The molecule has 34 heavy (non-hydrogen) atoms. The molecule has 0 unspecified atom stereocenters. The maximum absolute atomic E-state index is 12.7. The second-order valence-electron chi connectivity index (χ2n) is 9.40. The fourth-order valence-corrected chi connectivity index (χ4v) is 4.41. The largest absolute Gasteiger partial charge is 0.483 e. The van der Waals surface area contributed by atoms with Gasteiger partial charge in [0.25, 0.3) is 5.91 Å². The van der Waals surface area contributed by atoms with E-state index in [1.54, 1.807) is 0 Å². The van der Waals surface area contributed by atoms with E-state index >= 15 is 0 Å². The molecule has 1 aromatic heterocycles. The van der Waals surface area contributed by atoms with Crippen molar-refractivity contribution >= 4 is 22.6 Å². The lowest BCUT2D eigenvalue weighted by Gasteiger charge is -2.17. The fourth-order valence-electron chi connectivity index (χ4n) is 4.41. The van der Waals surface area contributed by atoms with Gasteiger partial charge >= 0.3 is 5.63 Å². The van der Waals surface area contributed by atoms with E-state index in [2.05, 4.69) is 26.1 Å². The molecule has 0 aliphatic carbocycles. The average molecular weight is 464 g/mol. The zero-order chi connectivity index (χ0) is 24.8. The first-order chi connectivity index (χ1) is 16.2. The van der Waals surface area contributed by atoms with Crippen molar-refractivity contribution < 1.29 is 13.9 Å². The molecule has 0 radical (unpaired) electrons. The van der Waals surface area contributed by atoms with Gasteiger partial charge in [-0.15, -0.1) is 0 Å². The minimum absolute atomic E-state index is 0.128. The second kappa shape index (κ2) is 11.4. The monoisotopic (exact) mass is 463 g/mol. The normalized spacial score (nSPS) is 11.3. The van der Waals surface area contributed by atoms with Crippen LogP contribution in [0.5, 0.6) is 5.75 Å². The van der Waals surface area contributed by atoms with Crippen molar-refractivity contribution in [2.75, 3.05) is 11.9 Å². The summed E-state index contributed by atoms with van der Waals surface area (Å²) in [4.78, 5) is 25.4. The van der Waals surface area contributed by atoms with Crippen molar-refractivity contribution in [3.63, 3.8) is 0 Å². The third-order valence-corrected chi connectivity index (χ3v) is 6.48. The number of nitrogens with one attached hydrogen (secondary N) is 1. The number of unbranched alkanes of at least 4 members (excludes halogenated alkanes) is 3. The van der Waals surface area contributed by atoms with Crippen LogP contribution in [0.3, 0.4) is 0 Å². The second-order valence-corrected chi connectivity index (χ2v) is 9.40. The molecule has 1 amide bonds. The van der Waals surface area contributed by atoms with E-state index in [-0.39, 0.29) is 18.1 Å². The van der Waals surface area contributed by atoms with Crippen LogP contribution < -0.4 is 15.7 Å². The van der Waals surface area contributed by atoms with Gasteiger partial charge in [-0.3, -0.25) is 4.79 Å². The summed E-state index contributed by atoms with van der Waals surface area (Å²) in [6.45, 7) is 12.1. The van der Waals surface area contributed by atoms with Crippen LogP contribution in [-0.4, -0.2) is 12.5 Å². The van der Waals surface area contributed by atoms with Crippen molar-refractivity contribution in [3.8, 4) is 5.75 Å². The highest BCUT2D eigenvalue weighted by Gasteiger charge is 2.17. The van der Waals surface area contributed by atoms with Gasteiger partial charge in [0.1, 0.15) is 11.3 Å². The quantitative estimate of drug-likeness (QED) is 0.260. The number of hydrogen-bond acceptors (Lipinski definition) is 4. The summed E-state index contributed by atoms with van der Waals surface area (Å²) in [6, 6.07) is 9.79. The van der Waals surface area contributed by atoms with Gasteiger partial charge in [-0.1, -0.05) is 58.2 Å². The summed E-state index contributed by atoms with van der Waals surface area (Å²) in [6.07, 6.45) is 5.17. The number of amides is 1. The van der Waals surface area contributed by atoms with Gasteiger partial charge < -0.3 is 14.5 Å². The van der Waals surface area contributed by atoms with Crippen molar-refractivity contribution in [1.29, 1.82) is 0 Å². The number of carbonyl (C=O) groups excluding carboxylic acids is 1. The molecule has 1 N–H and O–H groups in total. The predicted octanol–water partition coefficient (Wildman–Crippen LogP) is 6.98. The first-order valence-electron chi connectivity index (χ1n) is 12.3. The molecule has 5 nitrogen and oxygen atoms in total. The number of rotatable bonds is 10. The highest BCUT2D eigenvalue weighted by molar-refractivity contribution is 5.93. The van der Waals surface area contributed by atoms with E-state index in [0.29, 0.717) is 17.3 Å². The summed E-state index contributed by atoms with van der Waals surface area (Å²) in [5, 5.41) is 3.92. The molecule has 5 heteroatoms. The molecule has 0 atom stereocenters. The van der Waals surface area contributed by atoms with Gasteiger partial charge in [0.15, 0.2) is 6.61 Å². The molecule has 0 saturated heterocycles. The molecule has 0 spiro atoms. The third kappa shape index (κ3) is 5.69. The minimum atomic E-state index is -0.278. The van der Waals surface area contributed by atoms with Crippen LogP contribution >= 0.6 is 0 Å². The van der Waals surface area contributed by atoms with E-state index in [0.717, 1.165) is 64.6 Å². The lowest BCUT2D eigenvalue weighted by molar-refractivity contribution is -0.118. The smallest absolute Gasteiger partial charge is 0.339 e. The van der Waals surface area contributed by atoms with E-state index < -0.39 is 0 Å². The Kier molecular flexibility index (Phi) is 8.54. The van der Waals surface area contributed by atoms with E-state index in [9.17, 15) is 9.59 Å². The van der Waals surface area contributed by atoms with Gasteiger partial charge in [-0.25, -0.2) is 4.79 Å². The van der Waals surface area contributed by atoms with Gasteiger partial charge in [0.05, 0.1) is 0 Å². The molecule has 0 saturated carbocycles. The van der Waals surface area contributed by atoms with E-state index in [1.807, 2.05) is 51.1 Å². The fraction of sp³-hybridized carbons (Fsp3) is 0.448. The SMILES string of the molecule is CCCCCCc1c(C)c2ccc(OCC(=O)Nc3c(C)cccc3C(C)C)c(C)c2oc1=O. The Morgan fingerprint density at radius 2 is 1.79 bits per heavy atom. The highest BCUT2D eigenvalue weighted by Crippen LogP contribution is 2.30. The highest BCUT2D eigenvalue weighted by atomic mass is 16.5.